The number of hydrogen-bond acceptors (Lipinski definition) is 3. The van der Waals surface area contributed by atoms with Crippen LogP contribution in [0, 0.1) is 11.3 Å². The van der Waals surface area contributed by atoms with Gasteiger partial charge >= 0.3 is 0 Å². The van der Waals surface area contributed by atoms with E-state index >= 15 is 0 Å². The first-order valence-corrected chi connectivity index (χ1v) is 8.81. The Balaban J connectivity index is 0.00000264. The van der Waals surface area contributed by atoms with Gasteiger partial charge in [-0.1, -0.05) is 32.6 Å². The third kappa shape index (κ3) is 7.53. The number of carbonyl (C=O) groups is 2. The summed E-state index contributed by atoms with van der Waals surface area (Å²) in [6, 6.07) is 0. The van der Waals surface area contributed by atoms with Gasteiger partial charge in [0.25, 0.3) is 0 Å². The third-order valence-electron chi connectivity index (χ3n) is 5.22. The molecule has 0 aromatic carbocycles. The number of amides is 2. The van der Waals surface area contributed by atoms with Gasteiger partial charge in [-0.2, -0.15) is 0 Å². The molecular weight excluding hydrogens is 314 g/mol. The Kier molecular flexibility index (Phi) is 8.92. The number of halogens is 1. The molecular formula is C17H32ClN3O2. The van der Waals surface area contributed by atoms with Crippen LogP contribution in [0.25, 0.3) is 0 Å². The molecule has 134 valence electrons. The molecule has 0 atom stereocenters. The molecule has 2 fully saturated rings. The molecule has 1 heterocycles. The first kappa shape index (κ1) is 20.2. The predicted octanol–water partition coefficient (Wildman–Crippen LogP) is 2.00. The Hall–Kier alpha value is -0.810. The normalized spacial score (nSPS) is 20.6. The van der Waals surface area contributed by atoms with Gasteiger partial charge in [0.05, 0.1) is 6.54 Å². The average molecular weight is 346 g/mol. The molecule has 23 heavy (non-hydrogen) atoms. The molecule has 2 amide bonds. The van der Waals surface area contributed by atoms with Gasteiger partial charge in [0.2, 0.25) is 11.8 Å². The van der Waals surface area contributed by atoms with Crippen LogP contribution in [-0.4, -0.2) is 38.0 Å². The van der Waals surface area contributed by atoms with Crippen LogP contribution < -0.4 is 16.0 Å². The van der Waals surface area contributed by atoms with Gasteiger partial charge in [0.1, 0.15) is 0 Å². The molecule has 2 aliphatic rings. The van der Waals surface area contributed by atoms with Crippen LogP contribution in [0.3, 0.4) is 0 Å². The zero-order valence-electron chi connectivity index (χ0n) is 14.3. The molecule has 1 aliphatic heterocycles. The summed E-state index contributed by atoms with van der Waals surface area (Å²) in [5, 5.41) is 9.04. The first-order valence-electron chi connectivity index (χ1n) is 8.81. The van der Waals surface area contributed by atoms with Gasteiger partial charge in [-0.3, -0.25) is 9.59 Å². The van der Waals surface area contributed by atoms with E-state index in [-0.39, 0.29) is 36.2 Å². The standard InChI is InChI=1S/C17H31N3O2.ClH/c1-17(8-10-18-11-9-17)13-20-16(22)12-19-15(21)7-6-14-4-2-3-5-14;/h14,18H,2-13H2,1H3,(H,19,21)(H,20,22);1H. The van der Waals surface area contributed by atoms with E-state index in [9.17, 15) is 9.59 Å². The lowest BCUT2D eigenvalue weighted by Gasteiger charge is -2.34. The number of hydrogen-bond donors (Lipinski definition) is 3. The van der Waals surface area contributed by atoms with Crippen molar-refractivity contribution >= 4 is 24.2 Å². The summed E-state index contributed by atoms with van der Waals surface area (Å²) in [4.78, 5) is 23.6. The SMILES string of the molecule is CC1(CNC(=O)CNC(=O)CCC2CCCC2)CCNCC1.Cl. The van der Waals surface area contributed by atoms with Crippen LogP contribution in [0.1, 0.15) is 58.3 Å². The zero-order chi connectivity index (χ0) is 15.8. The maximum Gasteiger partial charge on any atom is 0.239 e. The Morgan fingerprint density at radius 1 is 1.09 bits per heavy atom. The highest BCUT2D eigenvalue weighted by Gasteiger charge is 2.27. The van der Waals surface area contributed by atoms with Crippen molar-refractivity contribution in [2.45, 2.75) is 58.3 Å². The summed E-state index contributed by atoms with van der Waals surface area (Å²) in [6.07, 6.45) is 8.84. The van der Waals surface area contributed by atoms with Gasteiger partial charge in [-0.25, -0.2) is 0 Å². The van der Waals surface area contributed by atoms with Gasteiger partial charge in [0, 0.05) is 13.0 Å². The molecule has 0 bridgehead atoms. The van der Waals surface area contributed by atoms with Crippen LogP contribution in [-0.2, 0) is 9.59 Å². The Morgan fingerprint density at radius 3 is 2.39 bits per heavy atom. The fourth-order valence-electron chi connectivity index (χ4n) is 3.48. The molecule has 0 aromatic heterocycles. The van der Waals surface area contributed by atoms with E-state index in [0.717, 1.165) is 38.3 Å². The van der Waals surface area contributed by atoms with E-state index in [1.165, 1.54) is 25.7 Å². The average Bonchev–Trinajstić information content (AvgIpc) is 3.03. The Bertz CT molecular complexity index is 378. The summed E-state index contributed by atoms with van der Waals surface area (Å²) < 4.78 is 0. The molecule has 6 heteroatoms. The Labute approximate surface area is 146 Å². The van der Waals surface area contributed by atoms with E-state index in [1.807, 2.05) is 0 Å². The third-order valence-corrected chi connectivity index (χ3v) is 5.22. The molecule has 1 aliphatic carbocycles. The molecule has 0 radical (unpaired) electrons. The van der Waals surface area contributed by atoms with Gasteiger partial charge in [-0.15, -0.1) is 12.4 Å². The van der Waals surface area contributed by atoms with E-state index < -0.39 is 0 Å². The summed E-state index contributed by atoms with van der Waals surface area (Å²) in [6.45, 7) is 5.06. The summed E-state index contributed by atoms with van der Waals surface area (Å²) in [5.41, 5.74) is 0.188. The summed E-state index contributed by atoms with van der Waals surface area (Å²) >= 11 is 0. The van der Waals surface area contributed by atoms with Crippen molar-refractivity contribution in [2.75, 3.05) is 26.2 Å². The second-order valence-electron chi connectivity index (χ2n) is 7.30. The minimum Gasteiger partial charge on any atom is -0.354 e. The second-order valence-corrected chi connectivity index (χ2v) is 7.30. The molecule has 0 unspecified atom stereocenters. The monoisotopic (exact) mass is 345 g/mol. The van der Waals surface area contributed by atoms with Crippen LogP contribution in [0.5, 0.6) is 0 Å². The quantitative estimate of drug-likeness (QED) is 0.661. The minimum atomic E-state index is -0.0750. The molecule has 1 saturated heterocycles. The number of piperidine rings is 1. The Morgan fingerprint density at radius 2 is 1.74 bits per heavy atom. The van der Waals surface area contributed by atoms with E-state index in [2.05, 4.69) is 22.9 Å². The van der Waals surface area contributed by atoms with Crippen molar-refractivity contribution in [1.82, 2.24) is 16.0 Å². The highest BCUT2D eigenvalue weighted by atomic mass is 35.5. The molecule has 5 nitrogen and oxygen atoms in total. The minimum absolute atomic E-state index is 0. The van der Waals surface area contributed by atoms with Crippen LogP contribution in [0.15, 0.2) is 0 Å². The summed E-state index contributed by atoms with van der Waals surface area (Å²) in [7, 11) is 0. The highest BCUT2D eigenvalue weighted by Crippen LogP contribution is 2.28. The molecule has 1 saturated carbocycles. The number of carbonyl (C=O) groups excluding carboxylic acids is 2. The molecule has 0 aromatic rings. The predicted molar refractivity (Wildman–Crippen MR) is 94.7 cm³/mol. The first-order chi connectivity index (χ1) is 10.6. The van der Waals surface area contributed by atoms with Gasteiger partial charge in [-0.05, 0) is 43.7 Å². The summed E-state index contributed by atoms with van der Waals surface area (Å²) in [5.74, 6) is 0.656. The lowest BCUT2D eigenvalue weighted by atomic mass is 9.81. The number of nitrogens with one attached hydrogen (secondary N) is 3. The topological polar surface area (TPSA) is 70.2 Å². The van der Waals surface area contributed by atoms with Crippen molar-refractivity contribution < 1.29 is 9.59 Å². The lowest BCUT2D eigenvalue weighted by molar-refractivity contribution is -0.126. The van der Waals surface area contributed by atoms with Gasteiger partial charge in [0.15, 0.2) is 0 Å². The van der Waals surface area contributed by atoms with E-state index in [4.69, 9.17) is 0 Å². The largest absolute Gasteiger partial charge is 0.354 e. The molecule has 2 rings (SSSR count). The number of rotatable bonds is 7. The van der Waals surface area contributed by atoms with Crippen molar-refractivity contribution in [3.8, 4) is 0 Å². The smallest absolute Gasteiger partial charge is 0.239 e. The van der Waals surface area contributed by atoms with Crippen molar-refractivity contribution in [3.05, 3.63) is 0 Å². The molecule has 0 spiro atoms. The van der Waals surface area contributed by atoms with Crippen LogP contribution in [0.2, 0.25) is 0 Å². The zero-order valence-corrected chi connectivity index (χ0v) is 15.1. The van der Waals surface area contributed by atoms with Crippen molar-refractivity contribution in [2.24, 2.45) is 11.3 Å². The fourth-order valence-corrected chi connectivity index (χ4v) is 3.48. The maximum absolute atomic E-state index is 11.9. The maximum atomic E-state index is 11.9. The van der Waals surface area contributed by atoms with Crippen LogP contribution >= 0.6 is 12.4 Å². The fraction of sp³-hybridized carbons (Fsp3) is 0.882. The van der Waals surface area contributed by atoms with Gasteiger partial charge < -0.3 is 16.0 Å². The van der Waals surface area contributed by atoms with Crippen LogP contribution in [0.4, 0.5) is 0 Å². The highest BCUT2D eigenvalue weighted by molar-refractivity contribution is 5.85. The lowest BCUT2D eigenvalue weighted by Crippen LogP contribution is -2.45. The van der Waals surface area contributed by atoms with E-state index in [1.54, 1.807) is 0 Å². The molecule has 3 N–H and O–H groups in total. The second kappa shape index (κ2) is 10.1. The van der Waals surface area contributed by atoms with Crippen molar-refractivity contribution in [3.63, 3.8) is 0 Å². The van der Waals surface area contributed by atoms with E-state index in [0.29, 0.717) is 13.0 Å². The van der Waals surface area contributed by atoms with Crippen molar-refractivity contribution in [1.29, 1.82) is 0 Å².